The van der Waals surface area contributed by atoms with E-state index in [0.717, 1.165) is 29.7 Å². The Kier molecular flexibility index (Phi) is 4.38. The lowest BCUT2D eigenvalue weighted by Gasteiger charge is -2.17. The predicted octanol–water partition coefficient (Wildman–Crippen LogP) is 3.51. The Labute approximate surface area is 132 Å². The van der Waals surface area contributed by atoms with Gasteiger partial charge in [0.05, 0.1) is 0 Å². The quantitative estimate of drug-likeness (QED) is 0.919. The van der Waals surface area contributed by atoms with E-state index in [2.05, 4.69) is 33.0 Å². The topological polar surface area (TPSA) is 29.3 Å². The van der Waals surface area contributed by atoms with Gasteiger partial charge in [-0.05, 0) is 23.3 Å². The van der Waals surface area contributed by atoms with Crippen LogP contribution in [0.2, 0.25) is 0 Å². The first-order valence-corrected chi connectivity index (χ1v) is 7.89. The van der Waals surface area contributed by atoms with Gasteiger partial charge in [-0.25, -0.2) is 4.39 Å². The van der Waals surface area contributed by atoms with E-state index in [1.165, 1.54) is 11.6 Å². The summed E-state index contributed by atoms with van der Waals surface area (Å²) in [7, 11) is 0. The number of benzene rings is 2. The van der Waals surface area contributed by atoms with E-state index in [0.29, 0.717) is 0 Å². The number of hydrogen-bond donors (Lipinski definition) is 1. The van der Waals surface area contributed by atoms with Crippen molar-refractivity contribution in [3.05, 3.63) is 69.9 Å². The second-order valence-electron chi connectivity index (χ2n) is 5.62. The van der Waals surface area contributed by atoms with Crippen LogP contribution >= 0.6 is 15.9 Å². The lowest BCUT2D eigenvalue weighted by molar-refractivity contribution is 0.323. The van der Waals surface area contributed by atoms with E-state index < -0.39 is 0 Å². The number of halogens is 2. The molecule has 2 aromatic rings. The highest BCUT2D eigenvalue weighted by atomic mass is 79.9. The Balaban J connectivity index is 1.74. The molecule has 1 aliphatic heterocycles. The summed E-state index contributed by atoms with van der Waals surface area (Å²) in [6, 6.07) is 15.5. The zero-order valence-corrected chi connectivity index (χ0v) is 13.3. The van der Waals surface area contributed by atoms with Crippen LogP contribution in [-0.4, -0.2) is 24.0 Å². The lowest BCUT2D eigenvalue weighted by atomic mass is 9.94. The van der Waals surface area contributed by atoms with Gasteiger partial charge >= 0.3 is 0 Å². The number of nitrogens with two attached hydrogens (primary N) is 1. The summed E-state index contributed by atoms with van der Waals surface area (Å²) in [4.78, 5) is 2.30. The average molecular weight is 349 g/mol. The molecule has 3 rings (SSSR count). The third-order valence-corrected chi connectivity index (χ3v) is 4.54. The van der Waals surface area contributed by atoms with Gasteiger partial charge in [-0.1, -0.05) is 52.3 Å². The van der Waals surface area contributed by atoms with Crippen molar-refractivity contribution in [2.24, 2.45) is 5.73 Å². The van der Waals surface area contributed by atoms with Crippen LogP contribution in [0.25, 0.3) is 0 Å². The van der Waals surface area contributed by atoms with E-state index in [1.807, 2.05) is 30.3 Å². The fourth-order valence-corrected chi connectivity index (χ4v) is 3.35. The van der Waals surface area contributed by atoms with E-state index in [4.69, 9.17) is 5.73 Å². The monoisotopic (exact) mass is 348 g/mol. The van der Waals surface area contributed by atoms with Gasteiger partial charge in [-0.15, -0.1) is 0 Å². The fraction of sp³-hybridized carbons (Fsp3) is 0.294. The summed E-state index contributed by atoms with van der Waals surface area (Å²) in [5.41, 5.74) is 8.23. The first kappa shape index (κ1) is 14.7. The summed E-state index contributed by atoms with van der Waals surface area (Å²) in [5, 5.41) is 0. The zero-order chi connectivity index (χ0) is 14.8. The Hall–Kier alpha value is -1.23. The number of likely N-dealkylation sites (tertiary alicyclic amines) is 1. The number of hydrogen-bond acceptors (Lipinski definition) is 2. The van der Waals surface area contributed by atoms with Gasteiger partial charge in [0.1, 0.15) is 5.82 Å². The maximum atomic E-state index is 14.1. The minimum absolute atomic E-state index is 0.0237. The molecule has 1 saturated heterocycles. The predicted molar refractivity (Wildman–Crippen MR) is 86.5 cm³/mol. The van der Waals surface area contributed by atoms with Gasteiger partial charge < -0.3 is 5.73 Å². The minimum Gasteiger partial charge on any atom is -0.326 e. The first-order chi connectivity index (χ1) is 10.1. The van der Waals surface area contributed by atoms with Gasteiger partial charge in [0.2, 0.25) is 0 Å². The van der Waals surface area contributed by atoms with E-state index in [-0.39, 0.29) is 17.8 Å². The molecular formula is C17H18BrFN2. The van der Waals surface area contributed by atoms with Gasteiger partial charge in [0, 0.05) is 36.1 Å². The van der Waals surface area contributed by atoms with Crippen molar-refractivity contribution >= 4 is 15.9 Å². The van der Waals surface area contributed by atoms with Crippen LogP contribution in [0.5, 0.6) is 0 Å². The molecule has 1 heterocycles. The lowest BCUT2D eigenvalue weighted by Crippen LogP contribution is -2.29. The van der Waals surface area contributed by atoms with Crippen molar-refractivity contribution in [3.63, 3.8) is 0 Å². The molecule has 0 aromatic heterocycles. The van der Waals surface area contributed by atoms with Gasteiger partial charge in [-0.2, -0.15) is 0 Å². The molecule has 2 aromatic carbocycles. The molecule has 2 nitrogen and oxygen atoms in total. The van der Waals surface area contributed by atoms with Crippen LogP contribution < -0.4 is 5.73 Å². The summed E-state index contributed by atoms with van der Waals surface area (Å²) >= 11 is 3.29. The summed E-state index contributed by atoms with van der Waals surface area (Å²) in [5.74, 6) is -0.117. The highest BCUT2D eigenvalue weighted by molar-refractivity contribution is 9.10. The molecule has 110 valence electrons. The molecule has 2 unspecified atom stereocenters. The first-order valence-electron chi connectivity index (χ1n) is 7.10. The number of rotatable bonds is 3. The molecule has 0 aliphatic carbocycles. The number of nitrogens with zero attached hydrogens (tertiary/aromatic N) is 1. The molecule has 1 fully saturated rings. The van der Waals surface area contributed by atoms with Crippen LogP contribution in [-0.2, 0) is 6.54 Å². The van der Waals surface area contributed by atoms with Crippen molar-refractivity contribution in [2.75, 3.05) is 13.1 Å². The van der Waals surface area contributed by atoms with Crippen molar-refractivity contribution in [1.29, 1.82) is 0 Å². The maximum absolute atomic E-state index is 14.1. The maximum Gasteiger partial charge on any atom is 0.127 e. The Bertz CT molecular complexity index is 617. The summed E-state index contributed by atoms with van der Waals surface area (Å²) < 4.78 is 14.9. The molecule has 1 aliphatic rings. The average Bonchev–Trinajstić information content (AvgIpc) is 2.80. The molecule has 0 amide bonds. The molecule has 0 saturated carbocycles. The molecular weight excluding hydrogens is 331 g/mol. The van der Waals surface area contributed by atoms with E-state index >= 15 is 0 Å². The molecule has 2 N–H and O–H groups in total. The van der Waals surface area contributed by atoms with Crippen molar-refractivity contribution in [1.82, 2.24) is 4.90 Å². The summed E-state index contributed by atoms with van der Waals surface area (Å²) in [6.07, 6.45) is 0. The molecule has 0 bridgehead atoms. The van der Waals surface area contributed by atoms with E-state index in [9.17, 15) is 4.39 Å². The van der Waals surface area contributed by atoms with E-state index in [1.54, 1.807) is 0 Å². The standard InChI is InChI=1S/C17H18BrFN2/c18-13-6-7-14(16(19)8-13)15-10-21(11-17(15)20)9-12-4-2-1-3-5-12/h1-8,15,17H,9-11,20H2. The Morgan fingerprint density at radius 1 is 1.14 bits per heavy atom. The SMILES string of the molecule is NC1CN(Cc2ccccc2)CC1c1ccc(Br)cc1F. The van der Waals surface area contributed by atoms with Crippen molar-refractivity contribution < 1.29 is 4.39 Å². The normalized spacial score (nSPS) is 22.6. The molecule has 0 spiro atoms. The van der Waals surface area contributed by atoms with Crippen LogP contribution in [0.15, 0.2) is 53.0 Å². The largest absolute Gasteiger partial charge is 0.326 e. The van der Waals surface area contributed by atoms with Crippen molar-refractivity contribution in [3.8, 4) is 0 Å². The Morgan fingerprint density at radius 3 is 2.62 bits per heavy atom. The zero-order valence-electron chi connectivity index (χ0n) is 11.7. The van der Waals surface area contributed by atoms with Crippen molar-refractivity contribution in [2.45, 2.75) is 18.5 Å². The molecule has 0 radical (unpaired) electrons. The van der Waals surface area contributed by atoms with Crippen LogP contribution in [0.1, 0.15) is 17.0 Å². The van der Waals surface area contributed by atoms with Crippen LogP contribution in [0, 0.1) is 5.82 Å². The third kappa shape index (κ3) is 3.34. The Morgan fingerprint density at radius 2 is 1.90 bits per heavy atom. The van der Waals surface area contributed by atoms with Crippen LogP contribution in [0.4, 0.5) is 4.39 Å². The smallest absolute Gasteiger partial charge is 0.127 e. The second-order valence-corrected chi connectivity index (χ2v) is 6.53. The highest BCUT2D eigenvalue weighted by Crippen LogP contribution is 2.30. The summed E-state index contributed by atoms with van der Waals surface area (Å²) in [6.45, 7) is 2.47. The van der Waals surface area contributed by atoms with Crippen LogP contribution in [0.3, 0.4) is 0 Å². The molecule has 21 heavy (non-hydrogen) atoms. The van der Waals surface area contributed by atoms with Gasteiger partial charge in [0.15, 0.2) is 0 Å². The second kappa shape index (κ2) is 6.26. The highest BCUT2D eigenvalue weighted by Gasteiger charge is 2.32. The minimum atomic E-state index is -0.175. The van der Waals surface area contributed by atoms with Gasteiger partial charge in [0.25, 0.3) is 0 Å². The molecule has 2 atom stereocenters. The third-order valence-electron chi connectivity index (χ3n) is 4.05. The fourth-order valence-electron chi connectivity index (χ4n) is 3.02. The molecule has 4 heteroatoms. The van der Waals surface area contributed by atoms with Gasteiger partial charge in [-0.3, -0.25) is 4.90 Å².